The van der Waals surface area contributed by atoms with Crippen molar-refractivity contribution in [1.29, 1.82) is 0 Å². The molecule has 130 valence electrons. The first-order valence-corrected chi connectivity index (χ1v) is 8.77. The number of ether oxygens (including phenoxy) is 6. The Balaban J connectivity index is 1.18. The molecule has 1 spiro atoms. The first-order valence-electron chi connectivity index (χ1n) is 8.77. The summed E-state index contributed by atoms with van der Waals surface area (Å²) in [4.78, 5) is 0. The van der Waals surface area contributed by atoms with Gasteiger partial charge in [0.05, 0.1) is 37.4 Å². The van der Waals surface area contributed by atoms with Gasteiger partial charge in [-0.15, -0.1) is 0 Å². The summed E-state index contributed by atoms with van der Waals surface area (Å²) in [5, 5.41) is 10.9. The molecular formula is C14H20B2O8. The van der Waals surface area contributed by atoms with Crippen LogP contribution in [0.1, 0.15) is 6.42 Å². The Morgan fingerprint density at radius 1 is 1.29 bits per heavy atom. The molecule has 9 unspecified atom stereocenters. The summed E-state index contributed by atoms with van der Waals surface area (Å²) in [5.74, 6) is -0.274. The molecule has 1 N–H and O–H groups in total. The quantitative estimate of drug-likeness (QED) is 0.619. The molecule has 0 radical (unpaired) electrons. The van der Waals surface area contributed by atoms with Gasteiger partial charge in [0.1, 0.15) is 12.7 Å². The monoisotopic (exact) mass is 338 g/mol. The fourth-order valence-corrected chi connectivity index (χ4v) is 5.35. The van der Waals surface area contributed by atoms with Crippen molar-refractivity contribution in [3.63, 3.8) is 0 Å². The average Bonchev–Trinajstić information content (AvgIpc) is 2.91. The lowest BCUT2D eigenvalue weighted by Gasteiger charge is -2.62. The highest BCUT2D eigenvalue weighted by Gasteiger charge is 2.72. The minimum atomic E-state index is -0.735. The third kappa shape index (κ3) is 1.73. The molecular weight excluding hydrogens is 318 g/mol. The van der Waals surface area contributed by atoms with Crippen LogP contribution in [-0.4, -0.2) is 88.0 Å². The highest BCUT2D eigenvalue weighted by atomic mass is 16.8. The van der Waals surface area contributed by atoms with Crippen LogP contribution in [0.5, 0.6) is 0 Å². The number of hydrogen-bond donors (Lipinski definition) is 1. The normalized spacial score (nSPS) is 57.0. The number of rotatable bonds is 3. The van der Waals surface area contributed by atoms with Crippen LogP contribution in [0.15, 0.2) is 0 Å². The van der Waals surface area contributed by atoms with Gasteiger partial charge in [-0.2, -0.15) is 0 Å². The van der Waals surface area contributed by atoms with E-state index in [1.165, 1.54) is 0 Å². The second-order valence-electron chi connectivity index (χ2n) is 7.69. The van der Waals surface area contributed by atoms with E-state index in [1.54, 1.807) is 7.11 Å². The van der Waals surface area contributed by atoms with Crippen molar-refractivity contribution in [3.8, 4) is 0 Å². The summed E-state index contributed by atoms with van der Waals surface area (Å²) in [6, 6.07) is -0.404. The maximum atomic E-state index is 10.9. The zero-order valence-corrected chi connectivity index (χ0v) is 13.4. The van der Waals surface area contributed by atoms with Gasteiger partial charge in [-0.3, -0.25) is 0 Å². The summed E-state index contributed by atoms with van der Waals surface area (Å²) in [5.41, 5.74) is 0. The highest BCUT2D eigenvalue weighted by molar-refractivity contribution is 7.17. The van der Waals surface area contributed by atoms with Gasteiger partial charge in [0.2, 0.25) is 0 Å². The smallest absolute Gasteiger partial charge is 0.324 e. The Bertz CT molecular complexity index is 543. The predicted octanol–water partition coefficient (Wildman–Crippen LogP) is -1.57. The van der Waals surface area contributed by atoms with Gasteiger partial charge in [0.25, 0.3) is 0 Å². The van der Waals surface area contributed by atoms with Crippen molar-refractivity contribution in [2.24, 2.45) is 11.8 Å². The van der Waals surface area contributed by atoms with Gasteiger partial charge in [-0.05, 0) is 6.42 Å². The molecule has 9 atom stereocenters. The van der Waals surface area contributed by atoms with Gasteiger partial charge in [-0.1, -0.05) is 0 Å². The maximum absolute atomic E-state index is 10.9. The first kappa shape index (κ1) is 14.9. The predicted molar refractivity (Wildman–Crippen MR) is 78.9 cm³/mol. The van der Waals surface area contributed by atoms with Crippen LogP contribution < -0.4 is 0 Å². The third-order valence-corrected chi connectivity index (χ3v) is 6.60. The van der Waals surface area contributed by atoms with E-state index in [0.717, 1.165) is 6.42 Å². The molecule has 8 nitrogen and oxygen atoms in total. The number of fused-ring (bicyclic) bond motifs is 2. The van der Waals surface area contributed by atoms with E-state index in [1.807, 2.05) is 0 Å². The maximum Gasteiger partial charge on any atom is 0.324 e. The Labute approximate surface area is 140 Å². The second kappa shape index (κ2) is 4.95. The van der Waals surface area contributed by atoms with E-state index >= 15 is 0 Å². The van der Waals surface area contributed by atoms with Gasteiger partial charge >= 0.3 is 13.6 Å². The lowest BCUT2D eigenvalue weighted by Crippen LogP contribution is -2.77. The summed E-state index contributed by atoms with van der Waals surface area (Å²) >= 11 is 0. The van der Waals surface area contributed by atoms with E-state index < -0.39 is 12.6 Å². The number of methoxy groups -OCH3 is 1. The van der Waals surface area contributed by atoms with Gasteiger partial charge < -0.3 is 38.1 Å². The fraction of sp³-hybridized carbons (Fsp3) is 1.00. The minimum absolute atomic E-state index is 0.0452. The van der Waals surface area contributed by atoms with Gasteiger partial charge in [0, 0.05) is 18.9 Å². The molecule has 7 saturated heterocycles. The van der Waals surface area contributed by atoms with Crippen LogP contribution in [0.3, 0.4) is 0 Å². The molecule has 0 saturated carbocycles. The van der Waals surface area contributed by atoms with E-state index in [9.17, 15) is 5.02 Å². The van der Waals surface area contributed by atoms with E-state index in [4.69, 9.17) is 33.1 Å². The molecule has 0 aromatic carbocycles. The Kier molecular flexibility index (Phi) is 3.08. The van der Waals surface area contributed by atoms with Crippen molar-refractivity contribution in [1.82, 2.24) is 0 Å². The minimum Gasteiger partial charge on any atom is -0.452 e. The fourth-order valence-electron chi connectivity index (χ4n) is 5.35. The van der Waals surface area contributed by atoms with E-state index in [0.29, 0.717) is 19.8 Å². The molecule has 2 bridgehead atoms. The average molecular weight is 338 g/mol. The number of hydrogen-bond acceptors (Lipinski definition) is 8. The molecule has 7 aliphatic rings. The summed E-state index contributed by atoms with van der Waals surface area (Å²) in [7, 11) is 1.62. The Hall–Kier alpha value is -0.190. The lowest BCUT2D eigenvalue weighted by molar-refractivity contribution is -0.440. The SMILES string of the molecule is COC1OCC2OB(B(O)C3OC45COC(CO4)CC35)C3OC1C23. The third-order valence-electron chi connectivity index (χ3n) is 6.60. The van der Waals surface area contributed by atoms with Crippen LogP contribution in [-0.2, 0) is 33.1 Å². The van der Waals surface area contributed by atoms with Crippen molar-refractivity contribution >= 4 is 13.6 Å². The van der Waals surface area contributed by atoms with Crippen molar-refractivity contribution < 1.29 is 38.1 Å². The zero-order chi connectivity index (χ0) is 16.1. The molecule has 7 aliphatic heterocycles. The van der Waals surface area contributed by atoms with Crippen LogP contribution in [0, 0.1) is 11.8 Å². The molecule has 24 heavy (non-hydrogen) atoms. The van der Waals surface area contributed by atoms with Crippen LogP contribution in [0.2, 0.25) is 0 Å². The largest absolute Gasteiger partial charge is 0.452 e. The standard InChI is InChI=1S/C14H20B2O8/c1-18-13-10-9-8(4-19-13)24-16(12(9)22-10)15(17)11-7-2-6-3-21-14(7,23-11)5-20-6/h6-13,17H,2-5H2,1H3. The second-order valence-corrected chi connectivity index (χ2v) is 7.69. The van der Waals surface area contributed by atoms with Crippen molar-refractivity contribution in [2.75, 3.05) is 26.9 Å². The lowest BCUT2D eigenvalue weighted by atomic mass is 9.19. The van der Waals surface area contributed by atoms with Crippen molar-refractivity contribution in [3.05, 3.63) is 0 Å². The summed E-state index contributed by atoms with van der Waals surface area (Å²) < 4.78 is 40.4. The summed E-state index contributed by atoms with van der Waals surface area (Å²) in [6.07, 6.45) is 0.487. The zero-order valence-electron chi connectivity index (χ0n) is 13.4. The van der Waals surface area contributed by atoms with Crippen LogP contribution in [0.25, 0.3) is 0 Å². The first-order chi connectivity index (χ1) is 11.7. The molecule has 7 rings (SSSR count). The van der Waals surface area contributed by atoms with Gasteiger partial charge in [-0.25, -0.2) is 0 Å². The molecule has 7 heterocycles. The molecule has 10 heteroatoms. The van der Waals surface area contributed by atoms with Gasteiger partial charge in [0.15, 0.2) is 12.1 Å². The molecule has 0 aliphatic carbocycles. The summed E-state index contributed by atoms with van der Waals surface area (Å²) in [6.45, 7) is 0.376. The molecule has 7 fully saturated rings. The Morgan fingerprint density at radius 2 is 2.21 bits per heavy atom. The Morgan fingerprint density at radius 3 is 2.96 bits per heavy atom. The van der Waals surface area contributed by atoms with Crippen LogP contribution >= 0.6 is 0 Å². The van der Waals surface area contributed by atoms with Crippen LogP contribution in [0.4, 0.5) is 0 Å². The molecule has 0 amide bonds. The van der Waals surface area contributed by atoms with E-state index in [2.05, 4.69) is 0 Å². The van der Waals surface area contributed by atoms with E-state index in [-0.39, 0.29) is 55.3 Å². The highest BCUT2D eigenvalue weighted by Crippen LogP contribution is 2.53. The molecule has 0 aromatic heterocycles. The van der Waals surface area contributed by atoms with Crippen molar-refractivity contribution in [2.45, 2.75) is 48.8 Å². The molecule has 0 aromatic rings. The topological polar surface area (TPSA) is 84.8 Å².